The van der Waals surface area contributed by atoms with Crippen LogP contribution in [-0.4, -0.2) is 54.6 Å². The molecule has 41 heavy (non-hydrogen) atoms. The number of carbonyl (C=O) groups is 1. The molecule has 212 valence electrons. The first-order valence-corrected chi connectivity index (χ1v) is 14.3. The van der Waals surface area contributed by atoms with Crippen molar-refractivity contribution >= 4 is 23.1 Å². The van der Waals surface area contributed by atoms with Gasteiger partial charge >= 0.3 is 6.03 Å². The lowest BCUT2D eigenvalue weighted by Crippen LogP contribution is -2.61. The maximum Gasteiger partial charge on any atom is 0.323 e. The predicted molar refractivity (Wildman–Crippen MR) is 163 cm³/mol. The highest BCUT2D eigenvalue weighted by Gasteiger charge is 2.35. The molecule has 2 amide bonds. The Morgan fingerprint density at radius 1 is 0.878 bits per heavy atom. The van der Waals surface area contributed by atoms with Gasteiger partial charge < -0.3 is 30.3 Å². The average molecular weight is 553 g/mol. The first kappa shape index (κ1) is 26.7. The Morgan fingerprint density at radius 2 is 1.56 bits per heavy atom. The van der Waals surface area contributed by atoms with E-state index in [0.29, 0.717) is 36.1 Å². The number of amides is 2. The lowest BCUT2D eigenvalue weighted by molar-refractivity contribution is 0.171. The van der Waals surface area contributed by atoms with Crippen LogP contribution in [0.3, 0.4) is 0 Å². The van der Waals surface area contributed by atoms with E-state index in [1.54, 1.807) is 18.2 Å². The summed E-state index contributed by atoms with van der Waals surface area (Å²) in [7, 11) is 0. The highest BCUT2D eigenvalue weighted by Crippen LogP contribution is 2.34. The number of urea groups is 1. The second-order valence-corrected chi connectivity index (χ2v) is 10.5. The van der Waals surface area contributed by atoms with Gasteiger partial charge in [0.2, 0.25) is 0 Å². The fourth-order valence-electron chi connectivity index (χ4n) is 5.71. The van der Waals surface area contributed by atoms with Crippen molar-refractivity contribution in [3.05, 3.63) is 72.8 Å². The molecule has 3 heterocycles. The SMILES string of the molecule is CCC1(CC)CNCCN1c1ccc(-c2cc(-c3ccc(NC(=O)Nc4ccc5c(c4)OCCO5)cc3)[nH]n2)cc1. The first-order chi connectivity index (χ1) is 20.1. The Hall–Kier alpha value is -4.50. The lowest BCUT2D eigenvalue weighted by Gasteiger charge is -2.48. The predicted octanol–water partition coefficient (Wildman–Crippen LogP) is 6.13. The van der Waals surface area contributed by atoms with Gasteiger partial charge in [0.1, 0.15) is 13.2 Å². The number of fused-ring (bicyclic) bond motifs is 1. The number of ether oxygens (including phenoxy) is 2. The van der Waals surface area contributed by atoms with E-state index in [1.165, 1.54) is 5.69 Å². The molecular weight excluding hydrogens is 516 g/mol. The summed E-state index contributed by atoms with van der Waals surface area (Å²) >= 11 is 0. The van der Waals surface area contributed by atoms with Crippen molar-refractivity contribution in [2.24, 2.45) is 0 Å². The fraction of sp³-hybridized carbons (Fsp3) is 0.312. The molecule has 3 aromatic carbocycles. The topological polar surface area (TPSA) is 104 Å². The van der Waals surface area contributed by atoms with E-state index in [0.717, 1.165) is 55.0 Å². The Kier molecular flexibility index (Phi) is 7.52. The molecule has 4 aromatic rings. The number of aromatic amines is 1. The van der Waals surface area contributed by atoms with Crippen molar-refractivity contribution in [1.29, 1.82) is 0 Å². The van der Waals surface area contributed by atoms with Gasteiger partial charge in [-0.2, -0.15) is 5.10 Å². The number of nitrogens with zero attached hydrogens (tertiary/aromatic N) is 2. The number of piperazine rings is 1. The number of rotatable bonds is 7. The minimum absolute atomic E-state index is 0.159. The number of hydrogen-bond donors (Lipinski definition) is 4. The van der Waals surface area contributed by atoms with Gasteiger partial charge in [-0.15, -0.1) is 0 Å². The smallest absolute Gasteiger partial charge is 0.323 e. The number of H-pyrrole nitrogens is 1. The zero-order chi connectivity index (χ0) is 28.2. The maximum absolute atomic E-state index is 12.5. The number of nitrogens with one attached hydrogen (secondary N) is 4. The summed E-state index contributed by atoms with van der Waals surface area (Å²) in [4.78, 5) is 15.1. The summed E-state index contributed by atoms with van der Waals surface area (Å²) < 4.78 is 11.1. The van der Waals surface area contributed by atoms with E-state index in [1.807, 2.05) is 24.3 Å². The minimum atomic E-state index is -0.336. The van der Waals surface area contributed by atoms with Gasteiger partial charge in [-0.3, -0.25) is 5.10 Å². The van der Waals surface area contributed by atoms with Gasteiger partial charge in [0.15, 0.2) is 11.5 Å². The number of hydrogen-bond acceptors (Lipinski definition) is 6. The van der Waals surface area contributed by atoms with Crippen molar-refractivity contribution < 1.29 is 14.3 Å². The van der Waals surface area contributed by atoms with E-state index in [2.05, 4.69) is 75.2 Å². The van der Waals surface area contributed by atoms with E-state index in [4.69, 9.17) is 9.47 Å². The van der Waals surface area contributed by atoms with Gasteiger partial charge in [0, 0.05) is 48.3 Å². The van der Waals surface area contributed by atoms with Gasteiger partial charge in [0.05, 0.1) is 16.9 Å². The molecule has 1 fully saturated rings. The monoisotopic (exact) mass is 552 g/mol. The molecule has 9 nitrogen and oxygen atoms in total. The Morgan fingerprint density at radius 3 is 2.32 bits per heavy atom. The normalized spacial score (nSPS) is 15.8. The molecule has 1 aromatic heterocycles. The van der Waals surface area contributed by atoms with Crippen LogP contribution in [0.25, 0.3) is 22.5 Å². The molecule has 4 N–H and O–H groups in total. The number of carbonyl (C=O) groups excluding carboxylic acids is 1. The zero-order valence-corrected chi connectivity index (χ0v) is 23.5. The second-order valence-electron chi connectivity index (χ2n) is 10.5. The van der Waals surface area contributed by atoms with Crippen LogP contribution in [0.2, 0.25) is 0 Å². The molecule has 9 heteroatoms. The molecule has 0 atom stereocenters. The van der Waals surface area contributed by atoms with Crippen LogP contribution in [-0.2, 0) is 0 Å². The van der Waals surface area contributed by atoms with Crippen LogP contribution in [0.4, 0.5) is 21.9 Å². The summed E-state index contributed by atoms with van der Waals surface area (Å²) in [5.41, 5.74) is 6.59. The molecule has 1 saturated heterocycles. The largest absolute Gasteiger partial charge is 0.486 e. The van der Waals surface area contributed by atoms with Gasteiger partial charge in [0.25, 0.3) is 0 Å². The average Bonchev–Trinajstić information content (AvgIpc) is 3.52. The zero-order valence-electron chi connectivity index (χ0n) is 23.5. The van der Waals surface area contributed by atoms with Crippen molar-refractivity contribution in [2.45, 2.75) is 32.2 Å². The summed E-state index contributed by atoms with van der Waals surface area (Å²) in [5.74, 6) is 1.31. The highest BCUT2D eigenvalue weighted by atomic mass is 16.6. The summed E-state index contributed by atoms with van der Waals surface area (Å²) in [6.07, 6.45) is 2.22. The third-order valence-corrected chi connectivity index (χ3v) is 8.16. The van der Waals surface area contributed by atoms with Crippen LogP contribution < -0.4 is 30.3 Å². The molecule has 0 spiro atoms. The maximum atomic E-state index is 12.5. The van der Waals surface area contributed by atoms with Crippen LogP contribution >= 0.6 is 0 Å². The molecule has 2 aliphatic heterocycles. The second kappa shape index (κ2) is 11.5. The van der Waals surface area contributed by atoms with Gasteiger partial charge in [-0.05, 0) is 60.9 Å². The molecule has 6 rings (SSSR count). The van der Waals surface area contributed by atoms with Gasteiger partial charge in [-0.25, -0.2) is 4.79 Å². The molecular formula is C32H36N6O3. The van der Waals surface area contributed by atoms with Crippen LogP contribution in [0.5, 0.6) is 11.5 Å². The molecule has 0 bridgehead atoms. The Labute approximate surface area is 240 Å². The minimum Gasteiger partial charge on any atom is -0.486 e. The summed E-state index contributed by atoms with van der Waals surface area (Å²) in [6.45, 7) is 8.62. The third kappa shape index (κ3) is 5.58. The van der Waals surface area contributed by atoms with Crippen LogP contribution in [0.1, 0.15) is 26.7 Å². The van der Waals surface area contributed by atoms with Crippen LogP contribution in [0.15, 0.2) is 72.8 Å². The molecule has 0 radical (unpaired) electrons. The summed E-state index contributed by atoms with van der Waals surface area (Å²) in [5, 5.41) is 17.0. The lowest BCUT2D eigenvalue weighted by atomic mass is 9.88. The molecule has 0 saturated carbocycles. The summed E-state index contributed by atoms with van der Waals surface area (Å²) in [6, 6.07) is 23.4. The quantitative estimate of drug-likeness (QED) is 0.220. The van der Waals surface area contributed by atoms with E-state index < -0.39 is 0 Å². The molecule has 0 unspecified atom stereocenters. The number of aromatic nitrogens is 2. The molecule has 2 aliphatic rings. The molecule has 0 aliphatic carbocycles. The van der Waals surface area contributed by atoms with E-state index in [9.17, 15) is 4.79 Å². The first-order valence-electron chi connectivity index (χ1n) is 14.3. The van der Waals surface area contributed by atoms with E-state index >= 15 is 0 Å². The number of anilines is 3. The van der Waals surface area contributed by atoms with Crippen LogP contribution in [0, 0.1) is 0 Å². The highest BCUT2D eigenvalue weighted by molar-refractivity contribution is 6.00. The standard InChI is InChI=1S/C32H36N6O3/c1-3-32(4-2)21-33-15-16-38(32)26-12-7-23(8-13-26)28-20-27(36-37-28)22-5-9-24(10-6-22)34-31(39)35-25-11-14-29-30(19-25)41-18-17-40-29/h5-14,19-20,33H,3-4,15-18,21H2,1-2H3,(H,36,37)(H2,34,35,39). The van der Waals surface area contributed by atoms with Crippen molar-refractivity contribution in [1.82, 2.24) is 15.5 Å². The van der Waals surface area contributed by atoms with E-state index in [-0.39, 0.29) is 11.6 Å². The number of benzene rings is 3. The van der Waals surface area contributed by atoms with Gasteiger partial charge in [-0.1, -0.05) is 38.1 Å². The third-order valence-electron chi connectivity index (χ3n) is 8.16. The fourth-order valence-corrected chi connectivity index (χ4v) is 5.71. The van der Waals surface area contributed by atoms with Crippen molar-refractivity contribution in [3.63, 3.8) is 0 Å². The van der Waals surface area contributed by atoms with Crippen molar-refractivity contribution in [2.75, 3.05) is 48.4 Å². The Bertz CT molecular complexity index is 1490. The van der Waals surface area contributed by atoms with Crippen molar-refractivity contribution in [3.8, 4) is 34.0 Å². The Balaban J connectivity index is 1.09.